The van der Waals surface area contributed by atoms with Crippen LogP contribution in [0.1, 0.15) is 15.9 Å². The minimum absolute atomic E-state index is 0.0861. The Morgan fingerprint density at radius 3 is 2.40 bits per heavy atom. The van der Waals surface area contributed by atoms with Crippen LogP contribution in [0.5, 0.6) is 0 Å². The van der Waals surface area contributed by atoms with Gasteiger partial charge in [-0.1, -0.05) is 29.3 Å². The first-order valence-electron chi connectivity index (χ1n) is 7.41. The van der Waals surface area contributed by atoms with Crippen LogP contribution in [-0.2, 0) is 0 Å². The first-order chi connectivity index (χ1) is 11.9. The summed E-state index contributed by atoms with van der Waals surface area (Å²) >= 11 is 11.6. The van der Waals surface area contributed by atoms with E-state index in [-0.39, 0.29) is 29.7 Å². The Hall–Kier alpha value is -2.31. The number of carbonyl (C=O) groups excluding carboxylic acids is 2. The van der Waals surface area contributed by atoms with Gasteiger partial charge in [0.2, 0.25) is 0 Å². The molecule has 0 bridgehead atoms. The highest BCUT2D eigenvalue weighted by atomic mass is 35.5. The molecule has 0 aliphatic carbocycles. The van der Waals surface area contributed by atoms with Crippen LogP contribution in [0.25, 0.3) is 0 Å². The van der Waals surface area contributed by atoms with E-state index in [4.69, 9.17) is 23.2 Å². The van der Waals surface area contributed by atoms with E-state index in [0.29, 0.717) is 10.6 Å². The number of benzene rings is 2. The topological polar surface area (TPSA) is 70.2 Å². The van der Waals surface area contributed by atoms with Crippen LogP contribution in [0.2, 0.25) is 10.0 Å². The minimum Gasteiger partial charge on any atom is -0.350 e. The quantitative estimate of drug-likeness (QED) is 0.683. The zero-order valence-corrected chi connectivity index (χ0v) is 14.8. The number of anilines is 1. The highest BCUT2D eigenvalue weighted by Gasteiger charge is 2.09. The highest BCUT2D eigenvalue weighted by molar-refractivity contribution is 6.42. The summed E-state index contributed by atoms with van der Waals surface area (Å²) in [4.78, 5) is 23.6. The Kier molecular flexibility index (Phi) is 6.61. The Morgan fingerprint density at radius 1 is 1.00 bits per heavy atom. The molecule has 0 spiro atoms. The number of aryl methyl sites for hydroxylation is 1. The van der Waals surface area contributed by atoms with Gasteiger partial charge in [-0.25, -0.2) is 9.18 Å². The summed E-state index contributed by atoms with van der Waals surface area (Å²) in [5.74, 6) is -0.853. The standard InChI is InChI=1S/C17H16Cl2FN3O2/c1-10-2-5-15(14(20)8-10)23-17(25)22-7-6-21-16(24)11-3-4-12(18)13(19)9-11/h2-5,8-9H,6-7H2,1H3,(H,21,24)(H2,22,23,25). The van der Waals surface area contributed by atoms with Gasteiger partial charge in [0.25, 0.3) is 5.91 Å². The molecule has 0 aliphatic rings. The molecule has 0 fully saturated rings. The van der Waals surface area contributed by atoms with Crippen molar-refractivity contribution in [3.05, 3.63) is 63.4 Å². The molecule has 0 saturated carbocycles. The lowest BCUT2D eigenvalue weighted by molar-refractivity contribution is 0.0954. The van der Waals surface area contributed by atoms with Gasteiger partial charge in [-0.3, -0.25) is 4.79 Å². The van der Waals surface area contributed by atoms with E-state index < -0.39 is 11.8 Å². The van der Waals surface area contributed by atoms with E-state index in [1.54, 1.807) is 19.1 Å². The van der Waals surface area contributed by atoms with E-state index in [2.05, 4.69) is 16.0 Å². The number of rotatable bonds is 5. The summed E-state index contributed by atoms with van der Waals surface area (Å²) in [5, 5.41) is 8.19. The number of nitrogens with one attached hydrogen (secondary N) is 3. The van der Waals surface area contributed by atoms with E-state index >= 15 is 0 Å². The summed E-state index contributed by atoms with van der Waals surface area (Å²) in [6.07, 6.45) is 0. The van der Waals surface area contributed by atoms with Crippen molar-refractivity contribution in [1.29, 1.82) is 0 Å². The fourth-order valence-corrected chi connectivity index (χ4v) is 2.28. The molecule has 8 heteroatoms. The van der Waals surface area contributed by atoms with Crippen LogP contribution in [0.4, 0.5) is 14.9 Å². The summed E-state index contributed by atoms with van der Waals surface area (Å²) in [6, 6.07) is 8.47. The van der Waals surface area contributed by atoms with Crippen molar-refractivity contribution >= 4 is 40.8 Å². The normalized spacial score (nSPS) is 10.2. The molecule has 2 aromatic rings. The Labute approximate surface area is 154 Å². The van der Waals surface area contributed by atoms with Gasteiger partial charge in [-0.05, 0) is 42.8 Å². The molecule has 5 nitrogen and oxygen atoms in total. The number of amides is 3. The molecule has 25 heavy (non-hydrogen) atoms. The fraction of sp³-hybridized carbons (Fsp3) is 0.176. The van der Waals surface area contributed by atoms with E-state index in [9.17, 15) is 14.0 Å². The molecule has 3 amide bonds. The average molecular weight is 384 g/mol. The number of halogens is 3. The maximum absolute atomic E-state index is 13.6. The molecular weight excluding hydrogens is 368 g/mol. The van der Waals surface area contributed by atoms with Crippen LogP contribution in [0.3, 0.4) is 0 Å². The second-order valence-corrected chi connectivity index (χ2v) is 6.06. The van der Waals surface area contributed by atoms with Crippen molar-refractivity contribution in [3.8, 4) is 0 Å². The lowest BCUT2D eigenvalue weighted by Crippen LogP contribution is -2.36. The van der Waals surface area contributed by atoms with Gasteiger partial charge < -0.3 is 16.0 Å². The lowest BCUT2D eigenvalue weighted by atomic mass is 10.2. The largest absolute Gasteiger partial charge is 0.350 e. The third-order valence-electron chi connectivity index (χ3n) is 3.25. The van der Waals surface area contributed by atoms with E-state index in [0.717, 1.165) is 5.56 Å². The smallest absolute Gasteiger partial charge is 0.319 e. The molecule has 0 heterocycles. The van der Waals surface area contributed by atoms with E-state index in [1.165, 1.54) is 24.3 Å². The van der Waals surface area contributed by atoms with Crippen LogP contribution >= 0.6 is 23.2 Å². The molecule has 2 rings (SSSR count). The zero-order valence-electron chi connectivity index (χ0n) is 13.3. The summed E-state index contributed by atoms with van der Waals surface area (Å²) in [7, 11) is 0. The Balaban J connectivity index is 1.75. The van der Waals surface area contributed by atoms with Gasteiger partial charge in [0.05, 0.1) is 15.7 Å². The summed E-state index contributed by atoms with van der Waals surface area (Å²) in [5.41, 5.74) is 1.21. The van der Waals surface area contributed by atoms with Crippen molar-refractivity contribution in [2.45, 2.75) is 6.92 Å². The summed E-state index contributed by atoms with van der Waals surface area (Å²) < 4.78 is 13.6. The number of hydrogen-bond acceptors (Lipinski definition) is 2. The van der Waals surface area contributed by atoms with Crippen molar-refractivity contribution in [2.24, 2.45) is 0 Å². The summed E-state index contributed by atoms with van der Waals surface area (Å²) in [6.45, 7) is 2.12. The molecule has 0 unspecified atom stereocenters. The monoisotopic (exact) mass is 383 g/mol. The predicted octanol–water partition coefficient (Wildman–Crippen LogP) is 3.99. The molecule has 132 valence electrons. The van der Waals surface area contributed by atoms with Crippen LogP contribution in [0, 0.1) is 12.7 Å². The van der Waals surface area contributed by atoms with Crippen molar-refractivity contribution in [2.75, 3.05) is 18.4 Å². The van der Waals surface area contributed by atoms with Gasteiger partial charge in [-0.2, -0.15) is 0 Å². The number of carbonyl (C=O) groups is 2. The van der Waals surface area contributed by atoms with Gasteiger partial charge in [0, 0.05) is 18.7 Å². The third-order valence-corrected chi connectivity index (χ3v) is 3.99. The molecule has 0 atom stereocenters. The second kappa shape index (κ2) is 8.69. The molecule has 0 saturated heterocycles. The van der Waals surface area contributed by atoms with Crippen LogP contribution in [-0.4, -0.2) is 25.0 Å². The van der Waals surface area contributed by atoms with Crippen LogP contribution < -0.4 is 16.0 Å². The molecule has 3 N–H and O–H groups in total. The average Bonchev–Trinajstić information content (AvgIpc) is 2.56. The third kappa shape index (κ3) is 5.62. The Morgan fingerprint density at radius 2 is 1.72 bits per heavy atom. The molecule has 2 aromatic carbocycles. The minimum atomic E-state index is -0.563. The molecule has 0 radical (unpaired) electrons. The first-order valence-corrected chi connectivity index (χ1v) is 8.16. The highest BCUT2D eigenvalue weighted by Crippen LogP contribution is 2.22. The maximum atomic E-state index is 13.6. The molecule has 0 aliphatic heterocycles. The molecular formula is C17H16Cl2FN3O2. The number of urea groups is 1. The first kappa shape index (κ1) is 19.0. The van der Waals surface area contributed by atoms with Crippen molar-refractivity contribution in [3.63, 3.8) is 0 Å². The van der Waals surface area contributed by atoms with Gasteiger partial charge in [0.1, 0.15) is 5.82 Å². The van der Waals surface area contributed by atoms with Gasteiger partial charge in [0.15, 0.2) is 0 Å². The molecule has 0 aromatic heterocycles. The maximum Gasteiger partial charge on any atom is 0.319 e. The fourth-order valence-electron chi connectivity index (χ4n) is 1.98. The lowest BCUT2D eigenvalue weighted by Gasteiger charge is -2.10. The number of hydrogen-bond donors (Lipinski definition) is 3. The van der Waals surface area contributed by atoms with E-state index in [1.807, 2.05) is 0 Å². The predicted molar refractivity (Wildman–Crippen MR) is 97.0 cm³/mol. The van der Waals surface area contributed by atoms with Gasteiger partial charge >= 0.3 is 6.03 Å². The van der Waals surface area contributed by atoms with Gasteiger partial charge in [-0.15, -0.1) is 0 Å². The van der Waals surface area contributed by atoms with Crippen LogP contribution in [0.15, 0.2) is 36.4 Å². The Bertz CT molecular complexity index is 799. The SMILES string of the molecule is Cc1ccc(NC(=O)NCCNC(=O)c2ccc(Cl)c(Cl)c2)c(F)c1. The second-order valence-electron chi connectivity index (χ2n) is 5.25. The van der Waals surface area contributed by atoms with Crippen molar-refractivity contribution < 1.29 is 14.0 Å². The zero-order chi connectivity index (χ0) is 18.4. The van der Waals surface area contributed by atoms with Crippen molar-refractivity contribution in [1.82, 2.24) is 10.6 Å².